The van der Waals surface area contributed by atoms with Gasteiger partial charge in [0.2, 0.25) is 0 Å². The minimum Gasteiger partial charge on any atom is -0.352 e. The van der Waals surface area contributed by atoms with E-state index in [1.807, 2.05) is 18.2 Å². The monoisotopic (exact) mass is 276 g/mol. The number of rotatable bonds is 4. The van der Waals surface area contributed by atoms with Gasteiger partial charge >= 0.3 is 0 Å². The van der Waals surface area contributed by atoms with E-state index in [0.717, 1.165) is 17.1 Å². The molecule has 3 heteroatoms. The smallest absolute Gasteiger partial charge is 0.0453 e. The molecule has 0 unspecified atom stereocenters. The van der Waals surface area contributed by atoms with Crippen LogP contribution in [0.15, 0.2) is 30.3 Å². The van der Waals surface area contributed by atoms with E-state index in [1.165, 1.54) is 17.0 Å². The largest absolute Gasteiger partial charge is 0.352 e. The van der Waals surface area contributed by atoms with E-state index < -0.39 is 0 Å². The van der Waals surface area contributed by atoms with E-state index in [0.29, 0.717) is 0 Å². The molecule has 0 aliphatic rings. The lowest BCUT2D eigenvalue weighted by Gasteiger charge is -2.15. The van der Waals surface area contributed by atoms with Crippen LogP contribution in [0.25, 0.3) is 0 Å². The fraction of sp³-hybridized carbons (Fsp3) is 0.375. The number of benzene rings is 1. The van der Waals surface area contributed by atoms with Gasteiger partial charge in [-0.15, -0.1) is 0 Å². The molecule has 102 valence electrons. The number of hydrogen-bond donors (Lipinski definition) is 1. The summed E-state index contributed by atoms with van der Waals surface area (Å²) >= 11 is 6.22. The average Bonchev–Trinajstić information content (AvgIpc) is 2.64. The summed E-state index contributed by atoms with van der Waals surface area (Å²) in [6.07, 6.45) is 0. The lowest BCUT2D eigenvalue weighted by atomic mass is 10.1. The van der Waals surface area contributed by atoms with Crippen molar-refractivity contribution in [3.05, 3.63) is 57.9 Å². The van der Waals surface area contributed by atoms with Crippen LogP contribution in [-0.4, -0.2) is 4.57 Å². The Kier molecular flexibility index (Phi) is 4.33. The summed E-state index contributed by atoms with van der Waals surface area (Å²) in [7, 11) is 2.10. The Bertz CT molecular complexity index is 572. The van der Waals surface area contributed by atoms with Gasteiger partial charge in [-0.2, -0.15) is 0 Å². The molecule has 1 N–H and O–H groups in total. The van der Waals surface area contributed by atoms with Crippen LogP contribution in [0.1, 0.15) is 35.5 Å². The number of halogens is 1. The summed E-state index contributed by atoms with van der Waals surface area (Å²) in [5.74, 6) is 0. The molecule has 19 heavy (non-hydrogen) atoms. The first kappa shape index (κ1) is 14.2. The molecule has 1 atom stereocenters. The Morgan fingerprint density at radius 1 is 1.26 bits per heavy atom. The molecule has 0 amide bonds. The third kappa shape index (κ3) is 3.02. The van der Waals surface area contributed by atoms with Gasteiger partial charge in [-0.1, -0.05) is 29.8 Å². The second-order valence-electron chi connectivity index (χ2n) is 5.08. The van der Waals surface area contributed by atoms with E-state index in [1.54, 1.807) is 0 Å². The highest BCUT2D eigenvalue weighted by Gasteiger charge is 2.10. The first-order valence-electron chi connectivity index (χ1n) is 6.60. The van der Waals surface area contributed by atoms with E-state index in [9.17, 15) is 0 Å². The molecule has 2 aromatic rings. The van der Waals surface area contributed by atoms with Gasteiger partial charge in [0, 0.05) is 36.0 Å². The summed E-state index contributed by atoms with van der Waals surface area (Å²) in [5, 5.41) is 4.36. The molecule has 2 rings (SSSR count). The van der Waals surface area contributed by atoms with E-state index in [4.69, 9.17) is 11.6 Å². The minimum atomic E-state index is 0.244. The Morgan fingerprint density at radius 2 is 1.95 bits per heavy atom. The number of hydrogen-bond acceptors (Lipinski definition) is 1. The fourth-order valence-corrected chi connectivity index (χ4v) is 2.61. The lowest BCUT2D eigenvalue weighted by Crippen LogP contribution is -2.18. The number of aryl methyl sites for hydroxylation is 1. The molecule has 0 aliphatic carbocycles. The van der Waals surface area contributed by atoms with Crippen LogP contribution in [-0.2, 0) is 13.6 Å². The van der Waals surface area contributed by atoms with Crippen LogP contribution < -0.4 is 5.32 Å². The standard InChI is InChI=1S/C16H21ClN2/c1-11-9-14(13(3)19(11)4)10-18-12(2)15-7-5-6-8-16(15)17/h5-9,12,18H,10H2,1-4H3/t12-/m1/s1. The number of aromatic nitrogens is 1. The van der Waals surface area contributed by atoms with Gasteiger partial charge in [0.15, 0.2) is 0 Å². The van der Waals surface area contributed by atoms with Crippen molar-refractivity contribution in [3.63, 3.8) is 0 Å². The molecule has 0 bridgehead atoms. The molecule has 0 aliphatic heterocycles. The third-order valence-electron chi connectivity index (χ3n) is 3.85. The molecule has 1 heterocycles. The molecule has 1 aromatic heterocycles. The maximum Gasteiger partial charge on any atom is 0.0453 e. The molecular formula is C16H21ClN2. The van der Waals surface area contributed by atoms with Gasteiger partial charge < -0.3 is 9.88 Å². The molecular weight excluding hydrogens is 256 g/mol. The molecule has 0 spiro atoms. The highest BCUT2D eigenvalue weighted by molar-refractivity contribution is 6.31. The topological polar surface area (TPSA) is 17.0 Å². The first-order chi connectivity index (χ1) is 9.00. The highest BCUT2D eigenvalue weighted by Crippen LogP contribution is 2.23. The Morgan fingerprint density at radius 3 is 2.53 bits per heavy atom. The summed E-state index contributed by atoms with van der Waals surface area (Å²) < 4.78 is 2.22. The summed E-state index contributed by atoms with van der Waals surface area (Å²) in [6.45, 7) is 7.30. The predicted octanol–water partition coefficient (Wildman–Crippen LogP) is 4.15. The molecule has 0 saturated heterocycles. The predicted molar refractivity (Wildman–Crippen MR) is 81.6 cm³/mol. The van der Waals surface area contributed by atoms with Crippen molar-refractivity contribution in [3.8, 4) is 0 Å². The zero-order chi connectivity index (χ0) is 14.0. The van der Waals surface area contributed by atoms with Crippen molar-refractivity contribution in [2.45, 2.75) is 33.4 Å². The van der Waals surface area contributed by atoms with Gasteiger partial charge in [0.05, 0.1) is 0 Å². The van der Waals surface area contributed by atoms with E-state index in [2.05, 4.69) is 49.8 Å². The zero-order valence-corrected chi connectivity index (χ0v) is 12.8. The average molecular weight is 277 g/mol. The molecule has 2 nitrogen and oxygen atoms in total. The van der Waals surface area contributed by atoms with Crippen LogP contribution in [0, 0.1) is 13.8 Å². The van der Waals surface area contributed by atoms with Gasteiger partial charge in [-0.05, 0) is 44.0 Å². The fourth-order valence-electron chi connectivity index (χ4n) is 2.31. The van der Waals surface area contributed by atoms with Crippen LogP contribution in [0.5, 0.6) is 0 Å². The van der Waals surface area contributed by atoms with Crippen LogP contribution in [0.2, 0.25) is 5.02 Å². The van der Waals surface area contributed by atoms with Crippen molar-refractivity contribution in [1.29, 1.82) is 0 Å². The highest BCUT2D eigenvalue weighted by atomic mass is 35.5. The first-order valence-corrected chi connectivity index (χ1v) is 6.98. The molecule has 0 fully saturated rings. The van der Waals surface area contributed by atoms with Gasteiger partial charge in [-0.3, -0.25) is 0 Å². The lowest BCUT2D eigenvalue weighted by molar-refractivity contribution is 0.573. The van der Waals surface area contributed by atoms with E-state index in [-0.39, 0.29) is 6.04 Å². The number of nitrogens with zero attached hydrogens (tertiary/aromatic N) is 1. The molecule has 0 radical (unpaired) electrons. The quantitative estimate of drug-likeness (QED) is 0.888. The van der Waals surface area contributed by atoms with Crippen molar-refractivity contribution in [2.75, 3.05) is 0 Å². The summed E-state index contributed by atoms with van der Waals surface area (Å²) in [4.78, 5) is 0. The minimum absolute atomic E-state index is 0.244. The third-order valence-corrected chi connectivity index (χ3v) is 4.19. The Balaban J connectivity index is 2.06. The van der Waals surface area contributed by atoms with E-state index >= 15 is 0 Å². The second kappa shape index (κ2) is 5.81. The van der Waals surface area contributed by atoms with Crippen molar-refractivity contribution in [2.24, 2.45) is 7.05 Å². The molecule has 0 saturated carbocycles. The molecule has 1 aromatic carbocycles. The van der Waals surface area contributed by atoms with Crippen LogP contribution in [0.4, 0.5) is 0 Å². The van der Waals surface area contributed by atoms with Crippen molar-refractivity contribution in [1.82, 2.24) is 9.88 Å². The Hall–Kier alpha value is -1.25. The van der Waals surface area contributed by atoms with Gasteiger partial charge in [-0.25, -0.2) is 0 Å². The summed E-state index contributed by atoms with van der Waals surface area (Å²) in [5.41, 5.74) is 5.10. The van der Waals surface area contributed by atoms with Gasteiger partial charge in [0.25, 0.3) is 0 Å². The summed E-state index contributed by atoms with van der Waals surface area (Å²) in [6, 6.07) is 10.5. The number of nitrogens with one attached hydrogen (secondary N) is 1. The Labute approximate surface area is 120 Å². The van der Waals surface area contributed by atoms with Crippen molar-refractivity contribution >= 4 is 11.6 Å². The zero-order valence-electron chi connectivity index (χ0n) is 12.0. The van der Waals surface area contributed by atoms with Crippen LogP contribution in [0.3, 0.4) is 0 Å². The maximum absolute atomic E-state index is 6.22. The maximum atomic E-state index is 6.22. The van der Waals surface area contributed by atoms with Gasteiger partial charge in [0.1, 0.15) is 0 Å². The van der Waals surface area contributed by atoms with Crippen molar-refractivity contribution < 1.29 is 0 Å². The SMILES string of the molecule is Cc1cc(CN[C@H](C)c2ccccc2Cl)c(C)n1C. The second-order valence-corrected chi connectivity index (χ2v) is 5.49. The normalized spacial score (nSPS) is 12.7. The van der Waals surface area contributed by atoms with Crippen LogP contribution >= 0.6 is 11.6 Å².